The van der Waals surface area contributed by atoms with Crippen molar-refractivity contribution in [1.82, 2.24) is 19.8 Å². The first-order valence-electron chi connectivity index (χ1n) is 8.71. The van der Waals surface area contributed by atoms with Crippen LogP contribution >= 0.6 is 24.0 Å². The zero-order valence-electron chi connectivity index (χ0n) is 14.8. The number of piperidine rings is 1. The summed E-state index contributed by atoms with van der Waals surface area (Å²) in [5, 5.41) is 3.45. The van der Waals surface area contributed by atoms with Gasteiger partial charge in [-0.1, -0.05) is 6.92 Å². The number of hydrogen-bond acceptors (Lipinski definition) is 2. The second kappa shape index (κ2) is 10.9. The molecule has 132 valence electrons. The zero-order valence-corrected chi connectivity index (χ0v) is 17.1. The summed E-state index contributed by atoms with van der Waals surface area (Å²) in [6, 6.07) is 0. The Bertz CT molecular complexity index is 471. The molecule has 1 saturated heterocycles. The molecule has 1 unspecified atom stereocenters. The monoisotopic (exact) mass is 433 g/mol. The molecule has 0 saturated carbocycles. The van der Waals surface area contributed by atoms with Gasteiger partial charge in [0.05, 0.1) is 0 Å². The molecular weight excluding hydrogens is 401 g/mol. The minimum atomic E-state index is 0. The number of unbranched alkanes of at least 4 members (excludes halogenated alkanes) is 1. The third-order valence-electron chi connectivity index (χ3n) is 4.28. The van der Waals surface area contributed by atoms with E-state index in [1.165, 1.54) is 12.8 Å². The van der Waals surface area contributed by atoms with Crippen molar-refractivity contribution in [3.8, 4) is 0 Å². The van der Waals surface area contributed by atoms with Crippen LogP contribution < -0.4 is 5.32 Å². The Morgan fingerprint density at radius 1 is 1.43 bits per heavy atom. The fraction of sp³-hybridized carbons (Fsp3) is 0.765. The summed E-state index contributed by atoms with van der Waals surface area (Å²) in [4.78, 5) is 11.5. The van der Waals surface area contributed by atoms with Crippen LogP contribution in [0.1, 0.15) is 45.4 Å². The van der Waals surface area contributed by atoms with Gasteiger partial charge in [0.2, 0.25) is 0 Å². The number of likely N-dealkylation sites (tertiary alicyclic amines) is 1. The van der Waals surface area contributed by atoms with E-state index in [2.05, 4.69) is 46.7 Å². The largest absolute Gasteiger partial charge is 0.357 e. The van der Waals surface area contributed by atoms with Crippen molar-refractivity contribution in [2.45, 2.75) is 53.0 Å². The highest BCUT2D eigenvalue weighted by atomic mass is 127. The molecular formula is C17H32IN5. The summed E-state index contributed by atoms with van der Waals surface area (Å²) in [6.45, 7) is 11.7. The number of aromatic nitrogens is 2. The molecule has 1 atom stereocenters. The van der Waals surface area contributed by atoms with Crippen molar-refractivity contribution in [3.63, 3.8) is 0 Å². The SMILES string of the molecule is CCNC(=NCCCCn1ccnc1C)N1CCCC(C)C1.I. The quantitative estimate of drug-likeness (QED) is 0.324. The maximum atomic E-state index is 4.82. The lowest BCUT2D eigenvalue weighted by Gasteiger charge is -2.33. The summed E-state index contributed by atoms with van der Waals surface area (Å²) in [5.41, 5.74) is 0. The maximum absolute atomic E-state index is 4.82. The molecule has 23 heavy (non-hydrogen) atoms. The van der Waals surface area contributed by atoms with Gasteiger partial charge in [-0.05, 0) is 45.4 Å². The highest BCUT2D eigenvalue weighted by molar-refractivity contribution is 14.0. The number of hydrogen-bond donors (Lipinski definition) is 1. The van der Waals surface area contributed by atoms with Crippen LogP contribution in [0.4, 0.5) is 0 Å². The van der Waals surface area contributed by atoms with Gasteiger partial charge in [0.15, 0.2) is 5.96 Å². The highest BCUT2D eigenvalue weighted by Crippen LogP contribution is 2.15. The van der Waals surface area contributed by atoms with Crippen molar-refractivity contribution in [2.75, 3.05) is 26.2 Å². The number of nitrogens with one attached hydrogen (secondary N) is 1. The topological polar surface area (TPSA) is 45.5 Å². The number of nitrogens with zero attached hydrogens (tertiary/aromatic N) is 4. The Morgan fingerprint density at radius 2 is 2.26 bits per heavy atom. The van der Waals surface area contributed by atoms with Crippen LogP contribution in [0.3, 0.4) is 0 Å². The number of halogens is 1. The molecule has 5 nitrogen and oxygen atoms in total. The predicted octanol–water partition coefficient (Wildman–Crippen LogP) is 3.29. The lowest BCUT2D eigenvalue weighted by Crippen LogP contribution is -2.46. The Labute approximate surface area is 158 Å². The first kappa shape index (κ1) is 20.3. The first-order valence-corrected chi connectivity index (χ1v) is 8.71. The molecule has 1 N–H and O–H groups in total. The van der Waals surface area contributed by atoms with Crippen molar-refractivity contribution in [3.05, 3.63) is 18.2 Å². The fourth-order valence-electron chi connectivity index (χ4n) is 3.03. The van der Waals surface area contributed by atoms with Gasteiger partial charge in [0, 0.05) is 45.1 Å². The minimum Gasteiger partial charge on any atom is -0.357 e. The van der Waals surface area contributed by atoms with E-state index in [9.17, 15) is 0 Å². The van der Waals surface area contributed by atoms with Crippen molar-refractivity contribution < 1.29 is 0 Å². The summed E-state index contributed by atoms with van der Waals surface area (Å²) < 4.78 is 2.21. The third kappa shape index (κ3) is 6.69. The molecule has 0 bridgehead atoms. The van der Waals surface area contributed by atoms with Gasteiger partial charge >= 0.3 is 0 Å². The van der Waals surface area contributed by atoms with Crippen LogP contribution in [-0.4, -0.2) is 46.6 Å². The predicted molar refractivity (Wildman–Crippen MR) is 108 cm³/mol. The third-order valence-corrected chi connectivity index (χ3v) is 4.28. The summed E-state index contributed by atoms with van der Waals surface area (Å²) in [7, 11) is 0. The van der Waals surface area contributed by atoms with Gasteiger partial charge in [0.1, 0.15) is 5.82 Å². The molecule has 1 fully saturated rings. The van der Waals surface area contributed by atoms with E-state index in [0.29, 0.717) is 0 Å². The molecule has 1 aliphatic heterocycles. The Morgan fingerprint density at radius 3 is 2.91 bits per heavy atom. The van der Waals surface area contributed by atoms with Crippen molar-refractivity contribution in [1.29, 1.82) is 0 Å². The molecule has 2 heterocycles. The van der Waals surface area contributed by atoms with Crippen LogP contribution in [0.5, 0.6) is 0 Å². The second-order valence-electron chi connectivity index (χ2n) is 6.30. The summed E-state index contributed by atoms with van der Waals surface area (Å²) >= 11 is 0. The van der Waals surface area contributed by atoms with E-state index >= 15 is 0 Å². The smallest absolute Gasteiger partial charge is 0.193 e. The normalized spacial score (nSPS) is 18.7. The average Bonchev–Trinajstić information content (AvgIpc) is 2.91. The fourth-order valence-corrected chi connectivity index (χ4v) is 3.03. The molecule has 0 aliphatic carbocycles. The molecule has 1 aromatic heterocycles. The standard InChI is InChI=1S/C17H31N5.HI/c1-4-18-17(22-12-7-8-15(2)14-22)20-9-5-6-11-21-13-10-19-16(21)3;/h10,13,15H,4-9,11-12,14H2,1-3H3,(H,18,20);1H. The second-order valence-corrected chi connectivity index (χ2v) is 6.30. The zero-order chi connectivity index (χ0) is 15.8. The molecule has 0 amide bonds. The number of imidazole rings is 1. The molecule has 2 rings (SSSR count). The molecule has 6 heteroatoms. The van der Waals surface area contributed by atoms with E-state index in [1.54, 1.807) is 0 Å². The van der Waals surface area contributed by atoms with E-state index in [0.717, 1.165) is 63.3 Å². The van der Waals surface area contributed by atoms with E-state index in [1.807, 2.05) is 6.20 Å². The van der Waals surface area contributed by atoms with Gasteiger partial charge in [-0.3, -0.25) is 4.99 Å². The molecule has 0 radical (unpaired) electrons. The molecule has 1 aliphatic rings. The van der Waals surface area contributed by atoms with E-state index < -0.39 is 0 Å². The van der Waals surface area contributed by atoms with Crippen LogP contribution in [0.25, 0.3) is 0 Å². The van der Waals surface area contributed by atoms with Gasteiger partial charge in [-0.25, -0.2) is 4.98 Å². The van der Waals surface area contributed by atoms with Gasteiger partial charge < -0.3 is 14.8 Å². The van der Waals surface area contributed by atoms with Gasteiger partial charge in [0.25, 0.3) is 0 Å². The average molecular weight is 433 g/mol. The van der Waals surface area contributed by atoms with Crippen LogP contribution in [-0.2, 0) is 6.54 Å². The Hall–Kier alpha value is -0.790. The lowest BCUT2D eigenvalue weighted by molar-refractivity contribution is 0.266. The molecule has 0 spiro atoms. The van der Waals surface area contributed by atoms with Crippen molar-refractivity contribution >= 4 is 29.9 Å². The molecule has 0 aromatic carbocycles. The van der Waals surface area contributed by atoms with Gasteiger partial charge in [-0.15, -0.1) is 24.0 Å². The summed E-state index contributed by atoms with van der Waals surface area (Å²) in [5.74, 6) is 2.98. The lowest BCUT2D eigenvalue weighted by atomic mass is 10.0. The van der Waals surface area contributed by atoms with Crippen molar-refractivity contribution in [2.24, 2.45) is 10.9 Å². The maximum Gasteiger partial charge on any atom is 0.193 e. The number of guanidine groups is 1. The minimum absolute atomic E-state index is 0. The Balaban J connectivity index is 0.00000264. The van der Waals surface area contributed by atoms with Crippen LogP contribution in [0, 0.1) is 12.8 Å². The number of aryl methyl sites for hydroxylation is 2. The van der Waals surface area contributed by atoms with E-state index in [4.69, 9.17) is 4.99 Å². The summed E-state index contributed by atoms with van der Waals surface area (Å²) in [6.07, 6.45) is 8.82. The van der Waals surface area contributed by atoms with Crippen LogP contribution in [0.2, 0.25) is 0 Å². The van der Waals surface area contributed by atoms with Gasteiger partial charge in [-0.2, -0.15) is 0 Å². The number of rotatable bonds is 6. The van der Waals surface area contributed by atoms with E-state index in [-0.39, 0.29) is 24.0 Å². The Kier molecular flexibility index (Phi) is 9.59. The molecule has 1 aromatic rings. The highest BCUT2D eigenvalue weighted by Gasteiger charge is 2.18. The number of aliphatic imine (C=N–C) groups is 1. The first-order chi connectivity index (χ1) is 10.7. The van der Waals surface area contributed by atoms with Crippen LogP contribution in [0.15, 0.2) is 17.4 Å².